The molecule has 0 spiro atoms. The molecule has 3 rings (SSSR count). The normalized spacial score (nSPS) is 19.0. The fourth-order valence-corrected chi connectivity index (χ4v) is 5.24. The van der Waals surface area contributed by atoms with Gasteiger partial charge in [-0.25, -0.2) is 8.42 Å². The van der Waals surface area contributed by atoms with E-state index in [0.717, 1.165) is 26.6 Å². The van der Waals surface area contributed by atoms with Crippen LogP contribution in [0.5, 0.6) is 0 Å². The highest BCUT2D eigenvalue weighted by Gasteiger charge is 2.44. The maximum absolute atomic E-state index is 13.1. The molecule has 0 bridgehead atoms. The second-order valence-electron chi connectivity index (χ2n) is 8.18. The smallest absolute Gasteiger partial charge is 0.325 e. The Morgan fingerprint density at radius 1 is 1.03 bits per heavy atom. The first kappa shape index (κ1) is 23.9. The Labute approximate surface area is 188 Å². The van der Waals surface area contributed by atoms with E-state index in [0.29, 0.717) is 5.69 Å². The molecule has 1 heterocycles. The van der Waals surface area contributed by atoms with Gasteiger partial charge in [0.05, 0.1) is 11.0 Å². The lowest BCUT2D eigenvalue weighted by Gasteiger charge is -2.22. The van der Waals surface area contributed by atoms with Crippen LogP contribution in [-0.2, 0) is 24.3 Å². The van der Waals surface area contributed by atoms with E-state index in [-0.39, 0.29) is 17.9 Å². The average Bonchev–Trinajstić information content (AvgIpc) is 3.13. The fourth-order valence-electron chi connectivity index (χ4n) is 3.52. The van der Waals surface area contributed by atoms with Gasteiger partial charge in [0.15, 0.2) is 6.61 Å². The molecule has 0 radical (unpaired) electrons. The van der Waals surface area contributed by atoms with Crippen LogP contribution in [0.25, 0.3) is 0 Å². The minimum Gasteiger partial charge on any atom is -0.454 e. The lowest BCUT2D eigenvalue weighted by molar-refractivity contribution is -0.150. The SMILES string of the molecule is Cc1ccc(NC(=O)COC(=O)C2CC(O)CN2S(=O)(=O)c2ccc(C)c(C)c2)cc1C. The van der Waals surface area contributed by atoms with Crippen molar-refractivity contribution in [2.24, 2.45) is 0 Å². The zero-order valence-corrected chi connectivity index (χ0v) is 19.4. The largest absolute Gasteiger partial charge is 0.454 e. The maximum Gasteiger partial charge on any atom is 0.325 e. The van der Waals surface area contributed by atoms with Gasteiger partial charge in [0.1, 0.15) is 6.04 Å². The van der Waals surface area contributed by atoms with Gasteiger partial charge >= 0.3 is 5.97 Å². The van der Waals surface area contributed by atoms with E-state index in [4.69, 9.17) is 4.74 Å². The summed E-state index contributed by atoms with van der Waals surface area (Å²) in [5, 5.41) is 12.7. The molecule has 172 valence electrons. The van der Waals surface area contributed by atoms with Gasteiger partial charge in [-0.05, 0) is 74.2 Å². The van der Waals surface area contributed by atoms with Crippen LogP contribution in [0.4, 0.5) is 5.69 Å². The van der Waals surface area contributed by atoms with E-state index in [9.17, 15) is 23.1 Å². The van der Waals surface area contributed by atoms with E-state index >= 15 is 0 Å². The number of hydrogen-bond donors (Lipinski definition) is 2. The Morgan fingerprint density at radius 2 is 1.66 bits per heavy atom. The third-order valence-electron chi connectivity index (χ3n) is 5.73. The number of nitrogens with one attached hydrogen (secondary N) is 1. The minimum atomic E-state index is -4.03. The van der Waals surface area contributed by atoms with Gasteiger partial charge in [-0.3, -0.25) is 9.59 Å². The van der Waals surface area contributed by atoms with Crippen LogP contribution in [-0.4, -0.2) is 55.0 Å². The molecule has 0 aromatic heterocycles. The molecule has 1 aliphatic heterocycles. The molecule has 0 saturated carbocycles. The van der Waals surface area contributed by atoms with Gasteiger partial charge in [0, 0.05) is 18.7 Å². The lowest BCUT2D eigenvalue weighted by atomic mass is 10.1. The summed E-state index contributed by atoms with van der Waals surface area (Å²) < 4.78 is 32.3. The van der Waals surface area contributed by atoms with Gasteiger partial charge in [-0.15, -0.1) is 0 Å². The molecule has 0 aliphatic carbocycles. The molecule has 2 atom stereocenters. The van der Waals surface area contributed by atoms with Crippen molar-refractivity contribution in [1.29, 1.82) is 0 Å². The molecule has 1 saturated heterocycles. The highest BCUT2D eigenvalue weighted by atomic mass is 32.2. The number of rotatable bonds is 6. The lowest BCUT2D eigenvalue weighted by Crippen LogP contribution is -2.42. The first-order valence-corrected chi connectivity index (χ1v) is 11.7. The van der Waals surface area contributed by atoms with E-state index in [1.165, 1.54) is 12.1 Å². The summed E-state index contributed by atoms with van der Waals surface area (Å²) in [6.07, 6.45) is -1.10. The number of nitrogens with zero attached hydrogens (tertiary/aromatic N) is 1. The summed E-state index contributed by atoms with van der Waals surface area (Å²) >= 11 is 0. The fraction of sp³-hybridized carbons (Fsp3) is 0.391. The standard InChI is InChI=1S/C23H28N2O6S/c1-14-5-7-18(9-16(14)3)24-22(27)13-31-23(28)21-11-19(26)12-25(21)32(29,30)20-8-6-15(2)17(4)10-20/h5-10,19,21,26H,11-13H2,1-4H3,(H,24,27). The number of esters is 1. The molecule has 1 fully saturated rings. The van der Waals surface area contributed by atoms with Crippen LogP contribution in [0.3, 0.4) is 0 Å². The Morgan fingerprint density at radius 3 is 2.28 bits per heavy atom. The number of aliphatic hydroxyl groups excluding tert-OH is 1. The molecule has 2 aromatic carbocycles. The molecule has 1 aliphatic rings. The topological polar surface area (TPSA) is 113 Å². The molecule has 2 unspecified atom stereocenters. The van der Waals surface area contributed by atoms with E-state index < -0.39 is 40.7 Å². The van der Waals surface area contributed by atoms with E-state index in [1.807, 2.05) is 26.8 Å². The van der Waals surface area contributed by atoms with Crippen LogP contribution in [0.1, 0.15) is 28.7 Å². The number of sulfonamides is 1. The Bertz CT molecular complexity index is 1150. The van der Waals surface area contributed by atoms with Gasteiger partial charge in [0.25, 0.3) is 5.91 Å². The number of aryl methyl sites for hydroxylation is 4. The first-order chi connectivity index (χ1) is 15.0. The number of carbonyl (C=O) groups excluding carboxylic acids is 2. The molecule has 32 heavy (non-hydrogen) atoms. The summed E-state index contributed by atoms with van der Waals surface area (Å²) in [6.45, 7) is 6.76. The second kappa shape index (κ2) is 9.40. The number of ether oxygens (including phenoxy) is 1. The second-order valence-corrected chi connectivity index (χ2v) is 10.1. The van der Waals surface area contributed by atoms with E-state index in [1.54, 1.807) is 25.1 Å². The van der Waals surface area contributed by atoms with Crippen molar-refractivity contribution in [2.75, 3.05) is 18.5 Å². The number of hydrogen-bond acceptors (Lipinski definition) is 6. The first-order valence-electron chi connectivity index (χ1n) is 10.3. The molecular formula is C23H28N2O6S. The van der Waals surface area contributed by atoms with Crippen molar-refractivity contribution in [3.63, 3.8) is 0 Å². The summed E-state index contributed by atoms with van der Waals surface area (Å²) in [7, 11) is -4.03. The number of carbonyl (C=O) groups is 2. The Balaban J connectivity index is 1.68. The minimum absolute atomic E-state index is 0.0417. The third-order valence-corrected chi connectivity index (χ3v) is 7.60. The van der Waals surface area contributed by atoms with Crippen LogP contribution < -0.4 is 5.32 Å². The third kappa shape index (κ3) is 5.17. The van der Waals surface area contributed by atoms with Gasteiger partial charge in [-0.1, -0.05) is 12.1 Å². The summed E-state index contributed by atoms with van der Waals surface area (Å²) in [5.74, 6) is -1.41. The van der Waals surface area contributed by atoms with Gasteiger partial charge < -0.3 is 15.2 Å². The van der Waals surface area contributed by atoms with Crippen molar-refractivity contribution < 1.29 is 27.9 Å². The predicted octanol–water partition coefficient (Wildman–Crippen LogP) is 2.23. The number of aliphatic hydroxyl groups is 1. The predicted molar refractivity (Wildman–Crippen MR) is 120 cm³/mol. The highest BCUT2D eigenvalue weighted by molar-refractivity contribution is 7.89. The number of amides is 1. The molecule has 9 heteroatoms. The molecule has 2 N–H and O–H groups in total. The van der Waals surface area contributed by atoms with Crippen molar-refractivity contribution >= 4 is 27.6 Å². The summed E-state index contributed by atoms with van der Waals surface area (Å²) in [4.78, 5) is 24.9. The van der Waals surface area contributed by atoms with Gasteiger partial charge in [-0.2, -0.15) is 4.31 Å². The molecule has 1 amide bonds. The quantitative estimate of drug-likeness (QED) is 0.639. The van der Waals surface area contributed by atoms with Crippen molar-refractivity contribution in [2.45, 2.75) is 51.2 Å². The van der Waals surface area contributed by atoms with Crippen molar-refractivity contribution in [1.82, 2.24) is 4.31 Å². The Kier molecular flexibility index (Phi) is 7.02. The zero-order chi connectivity index (χ0) is 23.6. The molecule has 8 nitrogen and oxygen atoms in total. The van der Waals surface area contributed by atoms with Gasteiger partial charge in [0.2, 0.25) is 10.0 Å². The summed E-state index contributed by atoms with van der Waals surface area (Å²) in [5.41, 5.74) is 4.40. The number of benzene rings is 2. The van der Waals surface area contributed by atoms with Crippen LogP contribution in [0.2, 0.25) is 0 Å². The average molecular weight is 461 g/mol. The van der Waals surface area contributed by atoms with Crippen molar-refractivity contribution in [3.05, 3.63) is 58.7 Å². The van der Waals surface area contributed by atoms with Crippen LogP contribution in [0, 0.1) is 27.7 Å². The molecule has 2 aromatic rings. The van der Waals surface area contributed by atoms with E-state index in [2.05, 4.69) is 5.32 Å². The van der Waals surface area contributed by atoms with Crippen LogP contribution >= 0.6 is 0 Å². The maximum atomic E-state index is 13.1. The zero-order valence-electron chi connectivity index (χ0n) is 18.6. The monoisotopic (exact) mass is 460 g/mol. The molecular weight excluding hydrogens is 432 g/mol. The number of anilines is 1. The Hall–Kier alpha value is -2.75. The van der Waals surface area contributed by atoms with Crippen molar-refractivity contribution in [3.8, 4) is 0 Å². The summed E-state index contributed by atoms with van der Waals surface area (Å²) in [6, 6.07) is 8.92. The van der Waals surface area contributed by atoms with Crippen LogP contribution in [0.15, 0.2) is 41.3 Å². The number of β-amino-alcohol motifs (C(OH)–C–C–N with tert-alkyl or cyclic N) is 1. The highest BCUT2D eigenvalue weighted by Crippen LogP contribution is 2.28.